The van der Waals surface area contributed by atoms with E-state index in [0.29, 0.717) is 37.2 Å². The van der Waals surface area contributed by atoms with Gasteiger partial charge in [0, 0.05) is 37.0 Å². The number of nitrogens with zero attached hydrogens (tertiary/aromatic N) is 2. The Morgan fingerprint density at radius 2 is 2.00 bits per heavy atom. The molecule has 8 heteroatoms. The molecule has 0 saturated carbocycles. The van der Waals surface area contributed by atoms with E-state index in [0.717, 1.165) is 22.4 Å². The smallest absolute Gasteiger partial charge is 0.411 e. The number of carbonyl (C=O) groups excluding carboxylic acids is 2. The molecule has 2 atom stereocenters. The molecule has 1 fully saturated rings. The van der Waals surface area contributed by atoms with E-state index in [1.54, 1.807) is 7.05 Å². The average Bonchev–Trinajstić information content (AvgIpc) is 3.22. The third kappa shape index (κ3) is 5.58. The number of amides is 2. The van der Waals surface area contributed by atoms with Gasteiger partial charge in [0.2, 0.25) is 5.91 Å². The van der Waals surface area contributed by atoms with E-state index in [-0.39, 0.29) is 18.6 Å². The van der Waals surface area contributed by atoms with Crippen LogP contribution in [-0.2, 0) is 9.53 Å². The summed E-state index contributed by atoms with van der Waals surface area (Å²) >= 11 is 0. The van der Waals surface area contributed by atoms with Crippen molar-refractivity contribution in [1.82, 2.24) is 10.2 Å². The highest BCUT2D eigenvalue weighted by Gasteiger charge is 2.42. The van der Waals surface area contributed by atoms with Gasteiger partial charge in [-0.2, -0.15) is 0 Å². The van der Waals surface area contributed by atoms with Crippen molar-refractivity contribution in [2.24, 2.45) is 4.99 Å². The third-order valence-corrected chi connectivity index (χ3v) is 6.19. The minimum atomic E-state index is -0.659. The molecule has 2 aromatic rings. The Kier molecular flexibility index (Phi) is 7.00. The number of rotatable bonds is 0. The fourth-order valence-electron chi connectivity index (χ4n) is 4.65. The number of ether oxygens (including phenoxy) is 2. The standard InChI is InChI=1S/C27H34N4O4/c1-27(2,3)35-26(33)31-16-19-15-23(31)25(32)30-13-7-12-22(29-4)24-20(10-6-11-21(24)28)17-8-5-9-18(14-17)34-19/h5-6,8-11,14,19,23H,7,12-13,15-16,28H2,1-4H3,(H,30,32). The van der Waals surface area contributed by atoms with Crippen molar-refractivity contribution >= 4 is 23.4 Å². The number of hydrogen-bond donors (Lipinski definition) is 2. The summed E-state index contributed by atoms with van der Waals surface area (Å²) in [6.45, 7) is 6.16. The van der Waals surface area contributed by atoms with Crippen molar-refractivity contribution in [2.75, 3.05) is 25.9 Å². The summed E-state index contributed by atoms with van der Waals surface area (Å²) < 4.78 is 11.9. The van der Waals surface area contributed by atoms with Crippen LogP contribution in [0.5, 0.6) is 5.75 Å². The quantitative estimate of drug-likeness (QED) is 0.556. The first-order valence-corrected chi connectivity index (χ1v) is 12.0. The fraction of sp³-hybridized carbons (Fsp3) is 0.444. The van der Waals surface area contributed by atoms with Crippen LogP contribution in [0, 0.1) is 0 Å². The average molecular weight is 479 g/mol. The summed E-state index contributed by atoms with van der Waals surface area (Å²) in [6.07, 6.45) is 0.874. The number of nitrogens with one attached hydrogen (secondary N) is 1. The molecule has 4 bridgehead atoms. The Morgan fingerprint density at radius 3 is 2.74 bits per heavy atom. The molecule has 2 aromatic carbocycles. The van der Waals surface area contributed by atoms with Crippen LogP contribution in [0.15, 0.2) is 47.5 Å². The second-order valence-corrected chi connectivity index (χ2v) is 9.99. The number of likely N-dealkylation sites (tertiary alicyclic amines) is 1. The molecule has 4 rings (SSSR count). The lowest BCUT2D eigenvalue weighted by molar-refractivity contribution is -0.125. The number of hydrogen-bond acceptors (Lipinski definition) is 6. The van der Waals surface area contributed by atoms with Crippen molar-refractivity contribution in [3.63, 3.8) is 0 Å². The molecule has 0 spiro atoms. The molecule has 0 radical (unpaired) electrons. The maximum absolute atomic E-state index is 13.1. The molecule has 2 amide bonds. The van der Waals surface area contributed by atoms with Crippen molar-refractivity contribution < 1.29 is 19.1 Å². The minimum absolute atomic E-state index is 0.208. The molecule has 35 heavy (non-hydrogen) atoms. The highest BCUT2D eigenvalue weighted by Crippen LogP contribution is 2.33. The lowest BCUT2D eigenvalue weighted by Gasteiger charge is -2.27. The van der Waals surface area contributed by atoms with E-state index in [1.165, 1.54) is 4.90 Å². The predicted molar refractivity (Wildman–Crippen MR) is 137 cm³/mol. The van der Waals surface area contributed by atoms with Gasteiger partial charge in [-0.05, 0) is 62.9 Å². The molecule has 1 saturated heterocycles. The topological polar surface area (TPSA) is 106 Å². The van der Waals surface area contributed by atoms with Gasteiger partial charge in [-0.3, -0.25) is 14.7 Å². The Bertz CT molecular complexity index is 1140. The van der Waals surface area contributed by atoms with E-state index in [9.17, 15) is 9.59 Å². The molecule has 186 valence electrons. The molecule has 0 aromatic heterocycles. The minimum Gasteiger partial charge on any atom is -0.488 e. The molecular weight excluding hydrogens is 444 g/mol. The molecule has 2 unspecified atom stereocenters. The maximum Gasteiger partial charge on any atom is 0.411 e. The Balaban J connectivity index is 1.70. The summed E-state index contributed by atoms with van der Waals surface area (Å²) in [5, 5.41) is 2.99. The predicted octanol–water partition coefficient (Wildman–Crippen LogP) is 4.02. The number of benzene rings is 2. The fourth-order valence-corrected chi connectivity index (χ4v) is 4.65. The van der Waals surface area contributed by atoms with Crippen LogP contribution < -0.4 is 15.8 Å². The van der Waals surface area contributed by atoms with Gasteiger partial charge in [0.05, 0.1) is 6.54 Å². The highest BCUT2D eigenvalue weighted by molar-refractivity contribution is 6.10. The maximum atomic E-state index is 13.1. The van der Waals surface area contributed by atoms with Crippen LogP contribution in [0.1, 0.15) is 45.6 Å². The second-order valence-electron chi connectivity index (χ2n) is 9.99. The van der Waals surface area contributed by atoms with Crippen LogP contribution in [0.3, 0.4) is 0 Å². The first kappa shape index (κ1) is 24.6. The largest absolute Gasteiger partial charge is 0.488 e. The van der Waals surface area contributed by atoms with Crippen molar-refractivity contribution in [1.29, 1.82) is 0 Å². The van der Waals surface area contributed by atoms with Crippen molar-refractivity contribution in [3.05, 3.63) is 48.0 Å². The second kappa shape index (κ2) is 9.98. The molecular formula is C27H34N4O4. The molecule has 2 aliphatic rings. The van der Waals surface area contributed by atoms with Crippen LogP contribution >= 0.6 is 0 Å². The molecule has 3 N–H and O–H groups in total. The van der Waals surface area contributed by atoms with Crippen LogP contribution in [0.4, 0.5) is 10.5 Å². The Labute approximate surface area is 206 Å². The van der Waals surface area contributed by atoms with Crippen molar-refractivity contribution in [2.45, 2.75) is 57.8 Å². The third-order valence-electron chi connectivity index (χ3n) is 6.19. The van der Waals surface area contributed by atoms with Gasteiger partial charge in [-0.15, -0.1) is 0 Å². The van der Waals surface area contributed by atoms with Gasteiger partial charge in [0.15, 0.2) is 0 Å². The van der Waals surface area contributed by atoms with Gasteiger partial charge in [0.1, 0.15) is 23.5 Å². The molecule has 8 nitrogen and oxygen atoms in total. The SMILES string of the molecule is CN=C1CCCNC(=O)C2CC(CN2C(=O)OC(C)(C)C)Oc2cccc(c2)-c2cccc(N)c21. The van der Waals surface area contributed by atoms with E-state index in [2.05, 4.69) is 10.3 Å². The van der Waals surface area contributed by atoms with Crippen LogP contribution in [-0.4, -0.2) is 60.5 Å². The summed E-state index contributed by atoms with van der Waals surface area (Å²) in [4.78, 5) is 32.0. The zero-order valence-corrected chi connectivity index (χ0v) is 20.8. The van der Waals surface area contributed by atoms with E-state index < -0.39 is 17.7 Å². The van der Waals surface area contributed by atoms with E-state index >= 15 is 0 Å². The first-order chi connectivity index (χ1) is 16.7. The van der Waals surface area contributed by atoms with Gasteiger partial charge >= 0.3 is 6.09 Å². The summed E-state index contributed by atoms with van der Waals surface area (Å²) in [5.74, 6) is 0.455. The number of fused-ring (bicyclic) bond motifs is 6. The number of anilines is 1. The van der Waals surface area contributed by atoms with Crippen molar-refractivity contribution in [3.8, 4) is 16.9 Å². The number of nitrogen functional groups attached to an aromatic ring is 1. The number of aliphatic imine (C=N–C) groups is 1. The Hall–Kier alpha value is -3.55. The molecule has 0 aliphatic carbocycles. The summed E-state index contributed by atoms with van der Waals surface area (Å²) in [7, 11) is 1.76. The number of nitrogens with two attached hydrogens (primary N) is 1. The zero-order chi connectivity index (χ0) is 25.2. The lowest BCUT2D eigenvalue weighted by atomic mass is 9.93. The first-order valence-electron chi connectivity index (χ1n) is 12.0. The molecule has 2 aliphatic heterocycles. The molecule has 2 heterocycles. The van der Waals surface area contributed by atoms with Gasteiger partial charge in [0.25, 0.3) is 0 Å². The number of carbonyl (C=O) groups is 2. The summed E-state index contributed by atoms with van der Waals surface area (Å²) in [6, 6.07) is 13.0. The van der Waals surface area contributed by atoms with Gasteiger partial charge in [-0.25, -0.2) is 4.79 Å². The zero-order valence-electron chi connectivity index (χ0n) is 20.8. The van der Waals surface area contributed by atoms with E-state index in [4.69, 9.17) is 15.2 Å². The van der Waals surface area contributed by atoms with Crippen LogP contribution in [0.2, 0.25) is 0 Å². The monoisotopic (exact) mass is 478 g/mol. The summed E-state index contributed by atoms with van der Waals surface area (Å²) in [5.41, 5.74) is 10.1. The van der Waals surface area contributed by atoms with E-state index in [1.807, 2.05) is 63.2 Å². The lowest BCUT2D eigenvalue weighted by Crippen LogP contribution is -2.47. The van der Waals surface area contributed by atoms with Gasteiger partial charge < -0.3 is 20.5 Å². The Morgan fingerprint density at radius 1 is 1.23 bits per heavy atom. The van der Waals surface area contributed by atoms with Crippen LogP contribution in [0.25, 0.3) is 11.1 Å². The highest BCUT2D eigenvalue weighted by atomic mass is 16.6. The normalized spacial score (nSPS) is 21.9. The van der Waals surface area contributed by atoms with Gasteiger partial charge in [-0.1, -0.05) is 24.3 Å².